The number of hydrogen-bond acceptors (Lipinski definition) is 5. The van der Waals surface area contributed by atoms with Crippen molar-refractivity contribution in [2.24, 2.45) is 4.99 Å². The molecule has 0 radical (unpaired) electrons. The number of aryl methyl sites for hydroxylation is 1. The van der Waals surface area contributed by atoms with Gasteiger partial charge in [-0.25, -0.2) is 13.1 Å². The Labute approximate surface area is 198 Å². The summed E-state index contributed by atoms with van der Waals surface area (Å²) in [6, 6.07) is 6.81. The van der Waals surface area contributed by atoms with Crippen molar-refractivity contribution in [3.8, 4) is 0 Å². The van der Waals surface area contributed by atoms with Gasteiger partial charge in [-0.3, -0.25) is 9.89 Å². The Hall–Kier alpha value is -0.950. The minimum absolute atomic E-state index is 0. The van der Waals surface area contributed by atoms with Crippen molar-refractivity contribution >= 4 is 40.0 Å². The maximum Gasteiger partial charge on any atom is 0.240 e. The lowest BCUT2D eigenvalue weighted by Crippen LogP contribution is -2.52. The molecule has 3 N–H and O–H groups in total. The molecule has 0 bridgehead atoms. The second kappa shape index (κ2) is 12.8. The highest BCUT2D eigenvalue weighted by Gasteiger charge is 2.28. The Morgan fingerprint density at radius 3 is 2.37 bits per heavy atom. The third-order valence-electron chi connectivity index (χ3n) is 4.88. The molecule has 0 spiro atoms. The molecule has 1 heterocycles. The molecule has 1 aromatic rings. The maximum atomic E-state index is 12.3. The van der Waals surface area contributed by atoms with Gasteiger partial charge in [0.25, 0.3) is 0 Å². The smallest absolute Gasteiger partial charge is 0.240 e. The number of sulfonamides is 1. The zero-order chi connectivity index (χ0) is 21.3. The first-order valence-corrected chi connectivity index (χ1v) is 11.6. The van der Waals surface area contributed by atoms with E-state index in [4.69, 9.17) is 9.73 Å². The van der Waals surface area contributed by atoms with Gasteiger partial charge in [0.15, 0.2) is 5.96 Å². The highest BCUT2D eigenvalue weighted by atomic mass is 127. The van der Waals surface area contributed by atoms with Crippen molar-refractivity contribution < 1.29 is 13.2 Å². The van der Waals surface area contributed by atoms with E-state index in [2.05, 4.69) is 34.1 Å². The number of guanidine groups is 1. The van der Waals surface area contributed by atoms with Crippen LogP contribution in [-0.4, -0.2) is 77.3 Å². The summed E-state index contributed by atoms with van der Waals surface area (Å²) in [5.41, 5.74) is 0.955. The lowest BCUT2D eigenvalue weighted by atomic mass is 10.0. The number of hydrogen-bond donors (Lipinski definition) is 3. The van der Waals surface area contributed by atoms with E-state index in [0.29, 0.717) is 19.0 Å². The first-order valence-electron chi connectivity index (χ1n) is 10.2. The molecular formula is C20H36IN5O3S. The summed E-state index contributed by atoms with van der Waals surface area (Å²) in [5.74, 6) is 0.684. The van der Waals surface area contributed by atoms with Crippen LogP contribution in [0.1, 0.15) is 26.3 Å². The molecule has 0 amide bonds. The van der Waals surface area contributed by atoms with Gasteiger partial charge in [0.1, 0.15) is 0 Å². The Kier molecular flexibility index (Phi) is 11.6. The lowest BCUT2D eigenvalue weighted by molar-refractivity contribution is -0.00683. The van der Waals surface area contributed by atoms with Gasteiger partial charge in [0.05, 0.1) is 24.7 Å². The molecule has 1 saturated heterocycles. The van der Waals surface area contributed by atoms with Gasteiger partial charge in [0.2, 0.25) is 10.0 Å². The van der Waals surface area contributed by atoms with E-state index in [0.717, 1.165) is 38.4 Å². The summed E-state index contributed by atoms with van der Waals surface area (Å²) in [6.07, 6.45) is 0. The molecule has 1 fully saturated rings. The van der Waals surface area contributed by atoms with Crippen LogP contribution in [0.4, 0.5) is 0 Å². The Morgan fingerprint density at radius 1 is 1.13 bits per heavy atom. The van der Waals surface area contributed by atoms with Gasteiger partial charge >= 0.3 is 0 Å². The summed E-state index contributed by atoms with van der Waals surface area (Å²) in [7, 11) is -3.51. The van der Waals surface area contributed by atoms with E-state index in [1.807, 2.05) is 13.8 Å². The Bertz CT molecular complexity index is 763. The number of nitrogens with one attached hydrogen (secondary N) is 3. The van der Waals surface area contributed by atoms with Gasteiger partial charge < -0.3 is 15.4 Å². The van der Waals surface area contributed by atoms with E-state index in [1.54, 1.807) is 24.3 Å². The zero-order valence-corrected chi connectivity index (χ0v) is 21.5. The van der Waals surface area contributed by atoms with Crippen LogP contribution in [0.15, 0.2) is 34.2 Å². The van der Waals surface area contributed by atoms with Crippen LogP contribution < -0.4 is 15.4 Å². The SMILES string of the molecule is CCNC(=NCC(C)(C)N1CCOCC1)NCCNS(=O)(=O)c1ccc(C)cc1.I. The number of rotatable bonds is 9. The number of halogens is 1. The summed E-state index contributed by atoms with van der Waals surface area (Å²) < 4.78 is 32.7. The first-order chi connectivity index (χ1) is 13.7. The van der Waals surface area contributed by atoms with Gasteiger partial charge in [0, 0.05) is 38.3 Å². The van der Waals surface area contributed by atoms with Crippen LogP contribution in [-0.2, 0) is 14.8 Å². The fourth-order valence-electron chi connectivity index (χ4n) is 3.05. The lowest BCUT2D eigenvalue weighted by Gasteiger charge is -2.39. The van der Waals surface area contributed by atoms with E-state index >= 15 is 0 Å². The molecule has 10 heteroatoms. The van der Waals surface area contributed by atoms with Crippen LogP contribution in [0, 0.1) is 6.92 Å². The number of morpholine rings is 1. The average molecular weight is 554 g/mol. The van der Waals surface area contributed by atoms with E-state index < -0.39 is 10.0 Å². The molecule has 0 aliphatic carbocycles. The van der Waals surface area contributed by atoms with Crippen molar-refractivity contribution in [1.82, 2.24) is 20.3 Å². The normalized spacial score (nSPS) is 16.1. The molecule has 172 valence electrons. The van der Waals surface area contributed by atoms with Crippen LogP contribution in [0.25, 0.3) is 0 Å². The average Bonchev–Trinajstić information content (AvgIpc) is 2.70. The number of nitrogens with zero attached hydrogens (tertiary/aromatic N) is 2. The van der Waals surface area contributed by atoms with Crippen molar-refractivity contribution in [1.29, 1.82) is 0 Å². The second-order valence-corrected chi connectivity index (χ2v) is 9.51. The minimum atomic E-state index is -3.51. The number of aliphatic imine (C=N–C) groups is 1. The van der Waals surface area contributed by atoms with Crippen molar-refractivity contribution in [3.63, 3.8) is 0 Å². The molecule has 1 aliphatic rings. The van der Waals surface area contributed by atoms with E-state index in [1.165, 1.54) is 0 Å². The topological polar surface area (TPSA) is 95.1 Å². The van der Waals surface area contributed by atoms with Crippen LogP contribution >= 0.6 is 24.0 Å². The quantitative estimate of drug-likeness (QED) is 0.186. The number of benzene rings is 1. The van der Waals surface area contributed by atoms with Gasteiger partial charge in [-0.15, -0.1) is 24.0 Å². The molecule has 0 atom stereocenters. The molecule has 1 aromatic carbocycles. The molecular weight excluding hydrogens is 517 g/mol. The fourth-order valence-corrected chi connectivity index (χ4v) is 4.08. The summed E-state index contributed by atoms with van der Waals surface area (Å²) in [4.78, 5) is 7.36. The largest absolute Gasteiger partial charge is 0.379 e. The molecule has 30 heavy (non-hydrogen) atoms. The summed E-state index contributed by atoms with van der Waals surface area (Å²) in [5, 5.41) is 6.41. The van der Waals surface area contributed by atoms with Gasteiger partial charge in [-0.2, -0.15) is 0 Å². The molecule has 1 aliphatic heterocycles. The van der Waals surface area contributed by atoms with Crippen molar-refractivity contribution in [3.05, 3.63) is 29.8 Å². The van der Waals surface area contributed by atoms with Crippen LogP contribution in [0.2, 0.25) is 0 Å². The second-order valence-electron chi connectivity index (χ2n) is 7.74. The predicted octanol–water partition coefficient (Wildman–Crippen LogP) is 1.56. The van der Waals surface area contributed by atoms with Gasteiger partial charge in [-0.05, 0) is 39.8 Å². The number of ether oxygens (including phenoxy) is 1. The van der Waals surface area contributed by atoms with Crippen LogP contribution in [0.3, 0.4) is 0 Å². The first kappa shape index (κ1) is 27.1. The molecule has 0 unspecified atom stereocenters. The van der Waals surface area contributed by atoms with E-state index in [-0.39, 0.29) is 41.0 Å². The Balaban J connectivity index is 0.00000450. The third-order valence-corrected chi connectivity index (χ3v) is 6.35. The van der Waals surface area contributed by atoms with E-state index in [9.17, 15) is 8.42 Å². The van der Waals surface area contributed by atoms with Crippen molar-refractivity contribution in [2.45, 2.75) is 38.1 Å². The highest BCUT2D eigenvalue weighted by molar-refractivity contribution is 14.0. The maximum absolute atomic E-state index is 12.3. The zero-order valence-electron chi connectivity index (χ0n) is 18.4. The summed E-state index contributed by atoms with van der Waals surface area (Å²) >= 11 is 0. The third kappa shape index (κ3) is 8.66. The summed E-state index contributed by atoms with van der Waals surface area (Å²) in [6.45, 7) is 13.7. The molecule has 0 saturated carbocycles. The molecule has 8 nitrogen and oxygen atoms in total. The fraction of sp³-hybridized carbons (Fsp3) is 0.650. The standard InChI is InChI=1S/C20H35N5O3S.HI/c1-5-21-19(23-16-20(3,4)25-12-14-28-15-13-25)22-10-11-24-29(26,27)18-8-6-17(2)7-9-18;/h6-9,24H,5,10-16H2,1-4H3,(H2,21,22,23);1H. The predicted molar refractivity (Wildman–Crippen MR) is 132 cm³/mol. The highest BCUT2D eigenvalue weighted by Crippen LogP contribution is 2.16. The minimum Gasteiger partial charge on any atom is -0.379 e. The van der Waals surface area contributed by atoms with Crippen molar-refractivity contribution in [2.75, 3.05) is 52.5 Å². The Morgan fingerprint density at radius 2 is 1.77 bits per heavy atom. The molecule has 2 rings (SSSR count). The molecule has 0 aromatic heterocycles. The van der Waals surface area contributed by atoms with Gasteiger partial charge in [-0.1, -0.05) is 17.7 Å². The monoisotopic (exact) mass is 553 g/mol. The van der Waals surface area contributed by atoms with Crippen LogP contribution in [0.5, 0.6) is 0 Å².